The van der Waals surface area contributed by atoms with Crippen molar-refractivity contribution in [3.63, 3.8) is 0 Å². The zero-order valence-electron chi connectivity index (χ0n) is 27.0. The summed E-state index contributed by atoms with van der Waals surface area (Å²) in [4.78, 5) is 19.8. The van der Waals surface area contributed by atoms with Crippen molar-refractivity contribution in [3.8, 4) is 39.9 Å². The number of rotatable bonds is 4. The fourth-order valence-electron chi connectivity index (χ4n) is 7.32. The van der Waals surface area contributed by atoms with Crippen molar-refractivity contribution in [1.82, 2.24) is 24.5 Å². The quantitative estimate of drug-likeness (QED) is 0.186. The summed E-state index contributed by atoms with van der Waals surface area (Å²) in [5.74, 6) is 1.85. The molecular formula is C44H25N5OS. The van der Waals surface area contributed by atoms with Gasteiger partial charge in [0.2, 0.25) is 0 Å². The van der Waals surface area contributed by atoms with Gasteiger partial charge in [0.05, 0.1) is 5.52 Å². The van der Waals surface area contributed by atoms with Crippen molar-refractivity contribution in [3.05, 3.63) is 152 Å². The van der Waals surface area contributed by atoms with E-state index in [-0.39, 0.29) is 0 Å². The Kier molecular flexibility index (Phi) is 6.02. The minimum absolute atomic E-state index is 0.599. The minimum Gasteiger partial charge on any atom is -0.456 e. The van der Waals surface area contributed by atoms with Crippen LogP contribution in [0.25, 0.3) is 104 Å². The molecule has 0 radical (unpaired) electrons. The van der Waals surface area contributed by atoms with E-state index in [0.29, 0.717) is 17.5 Å². The largest absolute Gasteiger partial charge is 0.456 e. The molecule has 238 valence electrons. The van der Waals surface area contributed by atoms with Gasteiger partial charge in [0.15, 0.2) is 17.5 Å². The van der Waals surface area contributed by atoms with Crippen LogP contribution in [0, 0.1) is 0 Å². The molecule has 5 heterocycles. The van der Waals surface area contributed by atoms with Crippen LogP contribution in [0.5, 0.6) is 0 Å². The molecule has 0 atom stereocenters. The molecule has 11 rings (SSSR count). The van der Waals surface area contributed by atoms with Gasteiger partial charge in [-0.2, -0.15) is 0 Å². The van der Waals surface area contributed by atoms with E-state index in [2.05, 4.69) is 89.5 Å². The molecule has 0 spiro atoms. The molecular weight excluding hydrogens is 647 g/mol. The molecule has 5 aromatic heterocycles. The van der Waals surface area contributed by atoms with Gasteiger partial charge in [0, 0.05) is 70.3 Å². The average molecular weight is 672 g/mol. The summed E-state index contributed by atoms with van der Waals surface area (Å²) in [6.45, 7) is 0. The average Bonchev–Trinajstić information content (AvgIpc) is 3.86. The van der Waals surface area contributed by atoms with Crippen LogP contribution in [0.2, 0.25) is 0 Å². The Labute approximate surface area is 294 Å². The number of para-hydroxylation sites is 2. The molecule has 0 amide bonds. The molecule has 0 saturated heterocycles. The number of benzene rings is 6. The first-order valence-electron chi connectivity index (χ1n) is 16.8. The topological polar surface area (TPSA) is 69.6 Å². The van der Waals surface area contributed by atoms with E-state index in [9.17, 15) is 0 Å². The minimum atomic E-state index is 0.599. The molecule has 11 aromatic rings. The van der Waals surface area contributed by atoms with Crippen LogP contribution in [0.1, 0.15) is 0 Å². The number of hydrogen-bond acceptors (Lipinski definition) is 6. The Morgan fingerprint density at radius 3 is 1.92 bits per heavy atom. The second-order valence-corrected chi connectivity index (χ2v) is 13.8. The summed E-state index contributed by atoms with van der Waals surface area (Å²) in [5, 5.41) is 6.94. The van der Waals surface area contributed by atoms with Crippen LogP contribution in [-0.2, 0) is 0 Å². The van der Waals surface area contributed by atoms with Gasteiger partial charge in [-0.25, -0.2) is 19.9 Å². The third-order valence-corrected chi connectivity index (χ3v) is 10.8. The molecule has 6 aromatic carbocycles. The lowest BCUT2D eigenvalue weighted by molar-refractivity contribution is 0.669. The lowest BCUT2D eigenvalue weighted by Crippen LogP contribution is -2.00. The van der Waals surface area contributed by atoms with E-state index in [1.165, 1.54) is 25.6 Å². The Balaban J connectivity index is 1.05. The number of pyridine rings is 1. The van der Waals surface area contributed by atoms with E-state index in [0.717, 1.165) is 60.9 Å². The van der Waals surface area contributed by atoms with E-state index < -0.39 is 0 Å². The van der Waals surface area contributed by atoms with Crippen LogP contribution in [-0.4, -0.2) is 24.5 Å². The van der Waals surface area contributed by atoms with Crippen molar-refractivity contribution >= 4 is 75.4 Å². The van der Waals surface area contributed by atoms with Gasteiger partial charge in [0.1, 0.15) is 16.8 Å². The second-order valence-electron chi connectivity index (χ2n) is 12.7. The number of nitrogens with zero attached hydrogens (tertiary/aromatic N) is 5. The predicted molar refractivity (Wildman–Crippen MR) is 208 cm³/mol. The fourth-order valence-corrected chi connectivity index (χ4v) is 8.49. The molecule has 51 heavy (non-hydrogen) atoms. The summed E-state index contributed by atoms with van der Waals surface area (Å²) in [6.07, 6.45) is 1.87. The predicted octanol–water partition coefficient (Wildman–Crippen LogP) is 11.6. The standard InChI is InChI=1S/C44H25N5OS/c1-2-9-26(10-3-1)41-46-42(27-16-19-32-31-12-5-7-15-37(31)50-38(32)23-27)48-43(47-41)28-17-20-33-34-21-18-29(25-40(34)51-39(33)24-28)49-36-14-6-4-11-30(36)35-13-8-22-45-44(35)49/h1-25H. The van der Waals surface area contributed by atoms with E-state index in [1.807, 2.05) is 66.9 Å². The Hall–Kier alpha value is -6.70. The maximum Gasteiger partial charge on any atom is 0.164 e. The fraction of sp³-hybridized carbons (Fsp3) is 0. The number of hydrogen-bond donors (Lipinski definition) is 0. The third kappa shape index (κ3) is 4.42. The van der Waals surface area contributed by atoms with Gasteiger partial charge in [-0.3, -0.25) is 4.57 Å². The van der Waals surface area contributed by atoms with Gasteiger partial charge >= 0.3 is 0 Å². The molecule has 0 N–H and O–H groups in total. The zero-order chi connectivity index (χ0) is 33.5. The highest BCUT2D eigenvalue weighted by atomic mass is 32.1. The van der Waals surface area contributed by atoms with Gasteiger partial charge in [0.25, 0.3) is 0 Å². The summed E-state index contributed by atoms with van der Waals surface area (Å²) in [6, 6.07) is 50.3. The summed E-state index contributed by atoms with van der Waals surface area (Å²) < 4.78 is 10.9. The number of fused-ring (bicyclic) bond motifs is 9. The molecule has 0 bridgehead atoms. The van der Waals surface area contributed by atoms with Crippen LogP contribution >= 0.6 is 11.3 Å². The lowest BCUT2D eigenvalue weighted by atomic mass is 10.1. The molecule has 6 nitrogen and oxygen atoms in total. The van der Waals surface area contributed by atoms with Gasteiger partial charge in [-0.1, -0.05) is 91.0 Å². The highest BCUT2D eigenvalue weighted by Gasteiger charge is 2.17. The van der Waals surface area contributed by atoms with E-state index in [4.69, 9.17) is 24.4 Å². The Morgan fingerprint density at radius 2 is 1.08 bits per heavy atom. The monoisotopic (exact) mass is 671 g/mol. The van der Waals surface area contributed by atoms with Crippen molar-refractivity contribution in [2.75, 3.05) is 0 Å². The molecule has 0 aliphatic rings. The van der Waals surface area contributed by atoms with Gasteiger partial charge < -0.3 is 4.42 Å². The highest BCUT2D eigenvalue weighted by molar-refractivity contribution is 7.25. The van der Waals surface area contributed by atoms with Crippen LogP contribution in [0.4, 0.5) is 0 Å². The van der Waals surface area contributed by atoms with Crippen LogP contribution < -0.4 is 0 Å². The number of thiophene rings is 1. The van der Waals surface area contributed by atoms with E-state index >= 15 is 0 Å². The third-order valence-electron chi connectivity index (χ3n) is 9.71. The Morgan fingerprint density at radius 1 is 0.451 bits per heavy atom. The molecule has 0 unspecified atom stereocenters. The molecule has 0 aliphatic carbocycles. The molecule has 0 saturated carbocycles. The van der Waals surface area contributed by atoms with Crippen molar-refractivity contribution < 1.29 is 4.42 Å². The maximum atomic E-state index is 6.22. The lowest BCUT2D eigenvalue weighted by Gasteiger charge is -2.08. The zero-order valence-corrected chi connectivity index (χ0v) is 27.8. The molecule has 7 heteroatoms. The molecule has 0 aliphatic heterocycles. The van der Waals surface area contributed by atoms with Crippen LogP contribution in [0.3, 0.4) is 0 Å². The summed E-state index contributed by atoms with van der Waals surface area (Å²) >= 11 is 1.78. The highest BCUT2D eigenvalue weighted by Crippen LogP contribution is 2.39. The SMILES string of the molecule is c1ccc(-c2nc(-c3ccc4c(c3)oc3ccccc34)nc(-c3ccc4c(c3)sc3cc(-n5c6ccccc6c6cccnc65)ccc34)n2)cc1. The van der Waals surface area contributed by atoms with Crippen LogP contribution in [0.15, 0.2) is 156 Å². The Bertz CT molecular complexity index is 3100. The van der Waals surface area contributed by atoms with Crippen molar-refractivity contribution in [2.45, 2.75) is 0 Å². The van der Waals surface area contributed by atoms with E-state index in [1.54, 1.807) is 11.3 Å². The van der Waals surface area contributed by atoms with Crippen molar-refractivity contribution in [1.29, 1.82) is 0 Å². The normalized spacial score (nSPS) is 11.9. The number of furan rings is 1. The summed E-state index contributed by atoms with van der Waals surface area (Å²) in [5.41, 5.74) is 7.61. The van der Waals surface area contributed by atoms with Crippen molar-refractivity contribution in [2.24, 2.45) is 0 Å². The smallest absolute Gasteiger partial charge is 0.164 e. The maximum absolute atomic E-state index is 6.22. The number of aromatic nitrogens is 5. The first kappa shape index (κ1) is 28.2. The first-order valence-corrected chi connectivity index (χ1v) is 17.6. The second kappa shape index (κ2) is 10.9. The van der Waals surface area contributed by atoms with Gasteiger partial charge in [-0.05, 0) is 54.6 Å². The molecule has 0 fully saturated rings. The summed E-state index contributed by atoms with van der Waals surface area (Å²) in [7, 11) is 0. The first-order chi connectivity index (χ1) is 25.2. The van der Waals surface area contributed by atoms with Gasteiger partial charge in [-0.15, -0.1) is 11.3 Å².